The van der Waals surface area contributed by atoms with E-state index in [0.717, 1.165) is 4.90 Å². The third-order valence-corrected chi connectivity index (χ3v) is 4.13. The van der Waals surface area contributed by atoms with Crippen LogP contribution in [0.1, 0.15) is 20.8 Å². The fraction of sp³-hybridized carbons (Fsp3) is 0.600. The first-order valence-electron chi connectivity index (χ1n) is 5.99. The van der Waals surface area contributed by atoms with Crippen LogP contribution < -0.4 is 10.5 Å². The molecule has 0 aliphatic rings. The summed E-state index contributed by atoms with van der Waals surface area (Å²) in [4.78, 5) is 24.5. The average Bonchev–Trinajstić information content (AvgIpc) is 2.74. The van der Waals surface area contributed by atoms with Crippen molar-refractivity contribution in [2.45, 2.75) is 30.7 Å². The minimum absolute atomic E-state index is 0.0355. The summed E-state index contributed by atoms with van der Waals surface area (Å²) in [6, 6.07) is 0. The Hall–Kier alpha value is -1.79. The van der Waals surface area contributed by atoms with Gasteiger partial charge < -0.3 is 9.64 Å². The predicted octanol–water partition coefficient (Wildman–Crippen LogP) is -0.00910. The fourth-order valence-electron chi connectivity index (χ4n) is 1.15. The van der Waals surface area contributed by atoms with Gasteiger partial charge in [0.1, 0.15) is 12.1 Å². The molecule has 1 rings (SSSR count). The van der Waals surface area contributed by atoms with Gasteiger partial charge in [-0.25, -0.2) is 18.4 Å². The van der Waals surface area contributed by atoms with Gasteiger partial charge in [0.05, 0.1) is 0 Å². The minimum atomic E-state index is -3.97. The molecule has 0 atom stereocenters. The van der Waals surface area contributed by atoms with E-state index >= 15 is 0 Å². The number of likely N-dealkylation sites (N-methyl/N-ethyl adjacent to an activating group) is 1. The van der Waals surface area contributed by atoms with E-state index in [0.29, 0.717) is 11.3 Å². The maximum absolute atomic E-state index is 11.7. The predicted molar refractivity (Wildman–Crippen MR) is 78.8 cm³/mol. The van der Waals surface area contributed by atoms with E-state index in [1.54, 1.807) is 20.8 Å². The first-order valence-corrected chi connectivity index (χ1v) is 8.35. The van der Waals surface area contributed by atoms with Crippen molar-refractivity contribution in [2.75, 3.05) is 18.9 Å². The Morgan fingerprint density at radius 2 is 1.95 bits per heavy atom. The number of nitrogens with zero attached hydrogens (tertiary/aromatic N) is 3. The summed E-state index contributed by atoms with van der Waals surface area (Å²) in [5.41, 5.74) is -0.675. The molecule has 0 aromatic carbocycles. The van der Waals surface area contributed by atoms with Gasteiger partial charge in [-0.15, -0.1) is 10.2 Å². The molecule has 1 heterocycles. The van der Waals surface area contributed by atoms with Crippen LogP contribution in [0.3, 0.4) is 0 Å². The molecular formula is C10H17N5O5S2. The normalized spacial score (nSPS) is 11.9. The zero-order chi connectivity index (χ0) is 17.1. The van der Waals surface area contributed by atoms with E-state index in [9.17, 15) is 18.0 Å². The molecule has 3 N–H and O–H groups in total. The Morgan fingerprint density at radius 1 is 1.36 bits per heavy atom. The van der Waals surface area contributed by atoms with Crippen molar-refractivity contribution in [2.24, 2.45) is 5.14 Å². The Kier molecular flexibility index (Phi) is 5.43. The molecule has 0 spiro atoms. The molecular weight excluding hydrogens is 334 g/mol. The van der Waals surface area contributed by atoms with Gasteiger partial charge in [0.25, 0.3) is 10.0 Å². The molecule has 22 heavy (non-hydrogen) atoms. The average molecular weight is 351 g/mol. The second kappa shape index (κ2) is 6.54. The zero-order valence-electron chi connectivity index (χ0n) is 12.5. The summed E-state index contributed by atoms with van der Waals surface area (Å²) in [5.74, 6) is -0.578. The van der Waals surface area contributed by atoms with Crippen molar-refractivity contribution in [3.05, 3.63) is 0 Å². The van der Waals surface area contributed by atoms with Crippen molar-refractivity contribution in [1.29, 1.82) is 0 Å². The highest BCUT2D eigenvalue weighted by Gasteiger charge is 2.22. The van der Waals surface area contributed by atoms with E-state index < -0.39 is 32.0 Å². The number of anilines is 1. The molecule has 1 aromatic rings. The van der Waals surface area contributed by atoms with Gasteiger partial charge in [-0.1, -0.05) is 11.3 Å². The standard InChI is InChI=1S/C10H17N5O5S2/c1-10(2,3)20-9(17)15(4)5-6(16)12-7-13-14-8(21-7)22(11,18)19/h5H2,1-4H3,(H2,11,18,19)(H,12,13,16). The van der Waals surface area contributed by atoms with E-state index in [4.69, 9.17) is 9.88 Å². The molecule has 1 aromatic heterocycles. The van der Waals surface area contributed by atoms with E-state index in [1.165, 1.54) is 7.05 Å². The fourth-order valence-corrected chi connectivity index (χ4v) is 2.50. The lowest BCUT2D eigenvalue weighted by atomic mass is 10.2. The summed E-state index contributed by atoms with van der Waals surface area (Å²) < 4.78 is 26.7. The van der Waals surface area contributed by atoms with Crippen LogP contribution >= 0.6 is 11.3 Å². The lowest BCUT2D eigenvalue weighted by Gasteiger charge is -2.24. The van der Waals surface area contributed by atoms with Gasteiger partial charge in [-0.3, -0.25) is 10.1 Å². The molecule has 0 saturated heterocycles. The molecule has 2 amide bonds. The molecule has 0 aliphatic heterocycles. The lowest BCUT2D eigenvalue weighted by Crippen LogP contribution is -2.38. The summed E-state index contributed by atoms with van der Waals surface area (Å²) in [7, 11) is -2.57. The topological polar surface area (TPSA) is 145 Å². The third kappa shape index (κ3) is 5.91. The van der Waals surface area contributed by atoms with E-state index in [-0.39, 0.29) is 11.7 Å². The van der Waals surface area contributed by atoms with E-state index in [1.807, 2.05) is 0 Å². The summed E-state index contributed by atoms with van der Waals surface area (Å²) in [5, 5.41) is 14.0. The number of rotatable bonds is 4. The zero-order valence-corrected chi connectivity index (χ0v) is 14.1. The number of ether oxygens (including phenoxy) is 1. The molecule has 0 radical (unpaired) electrons. The molecule has 124 valence electrons. The second-order valence-electron chi connectivity index (χ2n) is 5.30. The number of hydrogen-bond donors (Lipinski definition) is 2. The highest BCUT2D eigenvalue weighted by atomic mass is 32.2. The Balaban J connectivity index is 2.60. The molecule has 12 heteroatoms. The van der Waals surface area contributed by atoms with Crippen LogP contribution in [0.2, 0.25) is 0 Å². The molecule has 10 nitrogen and oxygen atoms in total. The minimum Gasteiger partial charge on any atom is -0.444 e. The quantitative estimate of drug-likeness (QED) is 0.726. The molecule has 0 bridgehead atoms. The van der Waals surface area contributed by atoms with Crippen molar-refractivity contribution < 1.29 is 22.7 Å². The first-order chi connectivity index (χ1) is 9.88. The number of carbonyl (C=O) groups is 2. The number of hydrogen-bond acceptors (Lipinski definition) is 8. The van der Waals surface area contributed by atoms with Crippen LogP contribution in [0, 0.1) is 0 Å². The molecule has 0 unspecified atom stereocenters. The number of carbonyl (C=O) groups excluding carboxylic acids is 2. The van der Waals surface area contributed by atoms with Crippen LogP contribution in [-0.2, 0) is 19.6 Å². The van der Waals surface area contributed by atoms with Gasteiger partial charge in [-0.2, -0.15) is 0 Å². The monoisotopic (exact) mass is 351 g/mol. The van der Waals surface area contributed by atoms with Crippen LogP contribution in [0.4, 0.5) is 9.93 Å². The molecule has 0 fully saturated rings. The highest BCUT2D eigenvalue weighted by molar-refractivity contribution is 7.91. The number of amides is 2. The lowest BCUT2D eigenvalue weighted by molar-refractivity contribution is -0.117. The largest absolute Gasteiger partial charge is 0.444 e. The Labute approximate surface area is 131 Å². The van der Waals surface area contributed by atoms with E-state index in [2.05, 4.69) is 15.5 Å². The molecule has 0 saturated carbocycles. The highest BCUT2D eigenvalue weighted by Crippen LogP contribution is 2.18. The number of primary sulfonamides is 1. The number of nitrogens with one attached hydrogen (secondary N) is 1. The van der Waals surface area contributed by atoms with Crippen molar-refractivity contribution in [3.8, 4) is 0 Å². The number of sulfonamides is 1. The summed E-state index contributed by atoms with van der Waals surface area (Å²) in [6.07, 6.45) is -0.662. The van der Waals surface area contributed by atoms with Gasteiger partial charge in [-0.05, 0) is 20.8 Å². The van der Waals surface area contributed by atoms with Crippen molar-refractivity contribution in [3.63, 3.8) is 0 Å². The van der Waals surface area contributed by atoms with Crippen LogP contribution in [0.15, 0.2) is 4.34 Å². The van der Waals surface area contributed by atoms with Gasteiger partial charge in [0.15, 0.2) is 0 Å². The third-order valence-electron chi connectivity index (χ3n) is 1.98. The second-order valence-corrected chi connectivity index (χ2v) is 8.02. The van der Waals surface area contributed by atoms with Crippen LogP contribution in [0.5, 0.6) is 0 Å². The Morgan fingerprint density at radius 3 is 2.41 bits per heavy atom. The number of nitrogens with two attached hydrogens (primary N) is 1. The van der Waals surface area contributed by atoms with Gasteiger partial charge >= 0.3 is 6.09 Å². The maximum atomic E-state index is 11.7. The maximum Gasteiger partial charge on any atom is 0.410 e. The summed E-state index contributed by atoms with van der Waals surface area (Å²) >= 11 is 0.612. The van der Waals surface area contributed by atoms with Crippen LogP contribution in [-0.4, -0.2) is 54.7 Å². The van der Waals surface area contributed by atoms with Gasteiger partial charge in [0.2, 0.25) is 15.4 Å². The summed E-state index contributed by atoms with van der Waals surface area (Å²) in [6.45, 7) is 4.82. The Bertz CT molecular complexity index is 663. The van der Waals surface area contributed by atoms with Crippen molar-refractivity contribution in [1.82, 2.24) is 15.1 Å². The number of aromatic nitrogens is 2. The first kappa shape index (κ1) is 18.3. The van der Waals surface area contributed by atoms with Gasteiger partial charge in [0, 0.05) is 7.05 Å². The molecule has 0 aliphatic carbocycles. The smallest absolute Gasteiger partial charge is 0.410 e. The SMILES string of the molecule is CN(CC(=O)Nc1nnc(S(N)(=O)=O)s1)C(=O)OC(C)(C)C. The van der Waals surface area contributed by atoms with Crippen molar-refractivity contribution >= 4 is 38.5 Å². The van der Waals surface area contributed by atoms with Crippen LogP contribution in [0.25, 0.3) is 0 Å².